The lowest BCUT2D eigenvalue weighted by atomic mass is 10.0. The van der Waals surface area contributed by atoms with E-state index in [1.165, 1.54) is 36.4 Å². The van der Waals surface area contributed by atoms with E-state index in [2.05, 4.69) is 25.2 Å². The number of carbonyl (C=O) groups excluding carboxylic acids is 1. The molecule has 1 atom stereocenters. The zero-order valence-corrected chi connectivity index (χ0v) is 19.9. The predicted octanol–water partition coefficient (Wildman–Crippen LogP) is 5.78. The van der Waals surface area contributed by atoms with Crippen LogP contribution in [-0.2, 0) is 0 Å². The van der Waals surface area contributed by atoms with Crippen LogP contribution < -0.4 is 15.0 Å². The zero-order valence-electron chi connectivity index (χ0n) is 19.9. The van der Waals surface area contributed by atoms with Crippen LogP contribution in [0.2, 0.25) is 0 Å². The highest BCUT2D eigenvalue weighted by Gasteiger charge is 2.29. The van der Waals surface area contributed by atoms with E-state index in [9.17, 15) is 18.0 Å². The van der Waals surface area contributed by atoms with Gasteiger partial charge in [0.25, 0.3) is 0 Å². The number of hydrogen-bond acceptors (Lipinski definition) is 5. The largest absolute Gasteiger partial charge is 0.435 e. The molecule has 190 valence electrons. The fourth-order valence-corrected chi connectivity index (χ4v) is 4.51. The molecule has 2 amide bonds. The number of hydrogen-bond donors (Lipinski definition) is 1. The number of amides is 2. The lowest BCUT2D eigenvalue weighted by molar-refractivity contribution is -0.0498. The molecule has 1 saturated heterocycles. The molecule has 5 rings (SSSR count). The van der Waals surface area contributed by atoms with Gasteiger partial charge in [0.15, 0.2) is 5.82 Å². The molecule has 0 aliphatic carbocycles. The molecule has 7 nitrogen and oxygen atoms in total. The van der Waals surface area contributed by atoms with Gasteiger partial charge in [0.1, 0.15) is 17.3 Å². The van der Waals surface area contributed by atoms with Crippen LogP contribution in [-0.4, -0.2) is 53.4 Å². The second-order valence-corrected chi connectivity index (χ2v) is 8.75. The van der Waals surface area contributed by atoms with Crippen LogP contribution in [0.15, 0.2) is 72.8 Å². The fourth-order valence-electron chi connectivity index (χ4n) is 4.51. The number of piperazine rings is 1. The summed E-state index contributed by atoms with van der Waals surface area (Å²) in [6.45, 7) is 0.596. The molecule has 37 heavy (non-hydrogen) atoms. The van der Waals surface area contributed by atoms with Crippen LogP contribution in [0.25, 0.3) is 22.0 Å². The van der Waals surface area contributed by atoms with E-state index in [0.29, 0.717) is 31.0 Å². The van der Waals surface area contributed by atoms with Gasteiger partial charge in [-0.15, -0.1) is 10.2 Å². The molecular formula is C27H24F3N5O2. The number of rotatable bonds is 5. The molecule has 1 aliphatic rings. The Morgan fingerprint density at radius 2 is 1.68 bits per heavy atom. The summed E-state index contributed by atoms with van der Waals surface area (Å²) < 4.78 is 42.5. The number of benzene rings is 3. The van der Waals surface area contributed by atoms with E-state index in [1.807, 2.05) is 31.2 Å². The van der Waals surface area contributed by atoms with Crippen molar-refractivity contribution in [2.24, 2.45) is 0 Å². The minimum atomic E-state index is -2.90. The van der Waals surface area contributed by atoms with Crippen LogP contribution in [0.1, 0.15) is 6.92 Å². The normalized spacial score (nSPS) is 15.8. The summed E-state index contributed by atoms with van der Waals surface area (Å²) >= 11 is 0. The molecule has 0 unspecified atom stereocenters. The third-order valence-corrected chi connectivity index (χ3v) is 6.30. The van der Waals surface area contributed by atoms with Gasteiger partial charge in [0.05, 0.1) is 0 Å². The summed E-state index contributed by atoms with van der Waals surface area (Å²) in [6.07, 6.45) is 0. The molecule has 3 aromatic carbocycles. The molecule has 1 aliphatic heterocycles. The number of anilines is 2. The first-order valence-corrected chi connectivity index (χ1v) is 11.8. The number of nitrogens with zero attached hydrogens (tertiary/aromatic N) is 4. The molecular weight excluding hydrogens is 483 g/mol. The Balaban J connectivity index is 1.31. The first kappa shape index (κ1) is 24.4. The van der Waals surface area contributed by atoms with Gasteiger partial charge in [-0.25, -0.2) is 9.18 Å². The van der Waals surface area contributed by atoms with Gasteiger partial charge in [0.2, 0.25) is 0 Å². The number of ether oxygens (including phenoxy) is 1. The van der Waals surface area contributed by atoms with Crippen molar-refractivity contribution >= 4 is 28.3 Å². The summed E-state index contributed by atoms with van der Waals surface area (Å²) in [5.41, 5.74) is 1.94. The van der Waals surface area contributed by atoms with Gasteiger partial charge in [-0.3, -0.25) is 0 Å². The molecule has 1 fully saturated rings. The van der Waals surface area contributed by atoms with Crippen molar-refractivity contribution in [3.05, 3.63) is 78.6 Å². The summed E-state index contributed by atoms with van der Waals surface area (Å²) in [6, 6.07) is 19.4. The lowest BCUT2D eigenvalue weighted by Crippen LogP contribution is -2.55. The van der Waals surface area contributed by atoms with E-state index in [0.717, 1.165) is 22.2 Å². The Labute approximate surface area is 211 Å². The van der Waals surface area contributed by atoms with E-state index in [4.69, 9.17) is 0 Å². The second-order valence-electron chi connectivity index (χ2n) is 8.75. The predicted molar refractivity (Wildman–Crippen MR) is 135 cm³/mol. The average molecular weight is 508 g/mol. The highest BCUT2D eigenvalue weighted by Crippen LogP contribution is 2.32. The molecule has 1 N–H and O–H groups in total. The average Bonchev–Trinajstić information content (AvgIpc) is 2.89. The number of fused-ring (bicyclic) bond motifs is 1. The van der Waals surface area contributed by atoms with Gasteiger partial charge in [-0.05, 0) is 55.5 Å². The van der Waals surface area contributed by atoms with Crippen LogP contribution in [0, 0.1) is 5.82 Å². The quantitative estimate of drug-likeness (QED) is 0.371. The fraction of sp³-hybridized carbons (Fsp3) is 0.222. The topological polar surface area (TPSA) is 70.6 Å². The van der Waals surface area contributed by atoms with E-state index >= 15 is 0 Å². The van der Waals surface area contributed by atoms with Crippen LogP contribution in [0.3, 0.4) is 0 Å². The number of nitrogens with one attached hydrogen (secondary N) is 1. The highest BCUT2D eigenvalue weighted by atomic mass is 19.3. The minimum Gasteiger partial charge on any atom is -0.435 e. The van der Waals surface area contributed by atoms with Crippen molar-refractivity contribution in [3.63, 3.8) is 0 Å². The molecule has 0 radical (unpaired) electrons. The first-order chi connectivity index (χ1) is 17.9. The Kier molecular flexibility index (Phi) is 6.80. The van der Waals surface area contributed by atoms with E-state index in [-0.39, 0.29) is 23.6 Å². The number of urea groups is 1. The summed E-state index contributed by atoms with van der Waals surface area (Å²) in [5, 5.41) is 13.6. The molecule has 0 bridgehead atoms. The highest BCUT2D eigenvalue weighted by molar-refractivity contribution is 6.00. The number of carbonyl (C=O) groups is 1. The Morgan fingerprint density at radius 1 is 0.973 bits per heavy atom. The van der Waals surface area contributed by atoms with Crippen molar-refractivity contribution in [3.8, 4) is 17.0 Å². The SMILES string of the molecule is C[C@H]1CN(c2nnc(-c3ccc(F)cc3)c3ccccc23)CCN1C(=O)Nc1ccc(OC(F)F)cc1. The summed E-state index contributed by atoms with van der Waals surface area (Å²) in [5.74, 6) is 0.433. The number of aromatic nitrogens is 2. The van der Waals surface area contributed by atoms with Crippen molar-refractivity contribution in [1.29, 1.82) is 0 Å². The van der Waals surface area contributed by atoms with Crippen molar-refractivity contribution < 1.29 is 22.7 Å². The molecule has 1 aromatic heterocycles. The maximum absolute atomic E-state index is 13.4. The third-order valence-electron chi connectivity index (χ3n) is 6.30. The monoisotopic (exact) mass is 507 g/mol. The maximum atomic E-state index is 13.4. The molecule has 0 spiro atoms. The van der Waals surface area contributed by atoms with Crippen molar-refractivity contribution in [2.75, 3.05) is 29.9 Å². The summed E-state index contributed by atoms with van der Waals surface area (Å²) in [4.78, 5) is 16.7. The summed E-state index contributed by atoms with van der Waals surface area (Å²) in [7, 11) is 0. The zero-order chi connectivity index (χ0) is 25.9. The van der Waals surface area contributed by atoms with Crippen LogP contribution in [0.5, 0.6) is 5.75 Å². The Morgan fingerprint density at radius 3 is 2.35 bits per heavy atom. The van der Waals surface area contributed by atoms with Crippen LogP contribution in [0.4, 0.5) is 29.5 Å². The lowest BCUT2D eigenvalue weighted by Gasteiger charge is -2.40. The second kappa shape index (κ2) is 10.3. The van der Waals surface area contributed by atoms with E-state index in [1.54, 1.807) is 17.0 Å². The van der Waals surface area contributed by atoms with Crippen molar-refractivity contribution in [2.45, 2.75) is 19.6 Å². The standard InChI is InChI=1S/C27H24F3N5O2/c1-17-16-34(14-15-35(17)27(36)31-20-10-12-21(13-11-20)37-26(29)30)25-23-5-3-2-4-22(23)24(32-33-25)18-6-8-19(28)9-7-18/h2-13,17,26H,14-16H2,1H3,(H,31,36)/t17-/m0/s1. The van der Waals surface area contributed by atoms with Gasteiger partial charge >= 0.3 is 12.6 Å². The van der Waals surface area contributed by atoms with Gasteiger partial charge < -0.3 is 19.9 Å². The molecule has 10 heteroatoms. The van der Waals surface area contributed by atoms with Gasteiger partial charge in [-0.2, -0.15) is 8.78 Å². The van der Waals surface area contributed by atoms with Gasteiger partial charge in [0, 0.05) is 47.7 Å². The maximum Gasteiger partial charge on any atom is 0.387 e. The Bertz CT molecular complexity index is 1400. The smallest absolute Gasteiger partial charge is 0.387 e. The number of halogens is 3. The third kappa shape index (κ3) is 5.28. The minimum absolute atomic E-state index is 0.0220. The molecule has 4 aromatic rings. The van der Waals surface area contributed by atoms with Crippen molar-refractivity contribution in [1.82, 2.24) is 15.1 Å². The molecule has 0 saturated carbocycles. The van der Waals surface area contributed by atoms with Crippen LogP contribution >= 0.6 is 0 Å². The number of alkyl halides is 2. The molecule has 2 heterocycles. The first-order valence-electron chi connectivity index (χ1n) is 11.8. The Hall–Kier alpha value is -4.34. The van der Waals surface area contributed by atoms with E-state index < -0.39 is 6.61 Å². The van der Waals surface area contributed by atoms with Gasteiger partial charge in [-0.1, -0.05) is 24.3 Å².